The van der Waals surface area contributed by atoms with Crippen molar-refractivity contribution in [1.82, 2.24) is 15.1 Å². The number of nitro groups is 1. The summed E-state index contributed by atoms with van der Waals surface area (Å²) in [4.78, 5) is 22.2. The number of carbonyl (C=O) groups excluding carboxylic acids is 1. The molecule has 116 valence electrons. The van der Waals surface area contributed by atoms with Crippen LogP contribution in [-0.2, 0) is 18.3 Å². The SMILES string of the molecule is Cc1c([C@@H](C)NC(=O)Cc2ccc([N+](=O)[O-])cc2)cnn1C. The fourth-order valence-electron chi connectivity index (χ4n) is 2.23. The number of non-ortho nitro benzene ring substituents is 1. The van der Waals surface area contributed by atoms with E-state index in [1.165, 1.54) is 12.1 Å². The fraction of sp³-hybridized carbons (Fsp3) is 0.333. The van der Waals surface area contributed by atoms with Gasteiger partial charge in [-0.2, -0.15) is 5.10 Å². The maximum Gasteiger partial charge on any atom is 0.269 e. The number of hydrogen-bond acceptors (Lipinski definition) is 4. The lowest BCUT2D eigenvalue weighted by Crippen LogP contribution is -2.28. The third kappa shape index (κ3) is 3.49. The largest absolute Gasteiger partial charge is 0.349 e. The van der Waals surface area contributed by atoms with Gasteiger partial charge in [0.25, 0.3) is 5.69 Å². The van der Waals surface area contributed by atoms with Crippen LogP contribution in [0.15, 0.2) is 30.5 Å². The van der Waals surface area contributed by atoms with Gasteiger partial charge in [0, 0.05) is 30.4 Å². The third-order valence-corrected chi connectivity index (χ3v) is 3.63. The molecule has 1 heterocycles. The average molecular weight is 302 g/mol. The van der Waals surface area contributed by atoms with Crippen LogP contribution in [0.2, 0.25) is 0 Å². The number of nitrogens with one attached hydrogen (secondary N) is 1. The Kier molecular flexibility index (Phi) is 4.55. The van der Waals surface area contributed by atoms with Crippen molar-refractivity contribution in [1.29, 1.82) is 0 Å². The van der Waals surface area contributed by atoms with Gasteiger partial charge >= 0.3 is 0 Å². The molecule has 0 spiro atoms. The van der Waals surface area contributed by atoms with Crippen LogP contribution in [0.1, 0.15) is 29.8 Å². The Bertz CT molecular complexity index is 691. The van der Waals surface area contributed by atoms with E-state index in [0.29, 0.717) is 0 Å². The summed E-state index contributed by atoms with van der Waals surface area (Å²) in [5, 5.41) is 17.7. The predicted molar refractivity (Wildman–Crippen MR) is 81.3 cm³/mol. The molecule has 1 atom stereocenters. The second kappa shape index (κ2) is 6.38. The molecule has 2 rings (SSSR count). The molecular formula is C15H18N4O3. The molecule has 0 radical (unpaired) electrons. The van der Waals surface area contributed by atoms with Crippen LogP contribution in [0, 0.1) is 17.0 Å². The summed E-state index contributed by atoms with van der Waals surface area (Å²) in [6, 6.07) is 5.85. The minimum absolute atomic E-state index is 0.0171. The number of aryl methyl sites for hydroxylation is 1. The lowest BCUT2D eigenvalue weighted by molar-refractivity contribution is -0.384. The zero-order chi connectivity index (χ0) is 16.3. The molecule has 0 saturated carbocycles. The lowest BCUT2D eigenvalue weighted by Gasteiger charge is -2.13. The van der Waals surface area contributed by atoms with Gasteiger partial charge in [0.05, 0.1) is 23.6 Å². The van der Waals surface area contributed by atoms with Crippen molar-refractivity contribution in [3.05, 3.63) is 57.4 Å². The molecule has 0 bridgehead atoms. The van der Waals surface area contributed by atoms with E-state index in [4.69, 9.17) is 0 Å². The molecule has 0 saturated heterocycles. The molecule has 1 N–H and O–H groups in total. The standard InChI is InChI=1S/C15H18N4O3/c1-10(14-9-16-18(3)11(14)2)17-15(20)8-12-4-6-13(7-5-12)19(21)22/h4-7,9-10H,8H2,1-3H3,(H,17,20)/t10-/m1/s1. The van der Waals surface area contributed by atoms with Gasteiger partial charge in [-0.25, -0.2) is 0 Å². The molecule has 0 aliphatic rings. The number of amides is 1. The number of carbonyl (C=O) groups is 1. The highest BCUT2D eigenvalue weighted by Crippen LogP contribution is 2.17. The Morgan fingerprint density at radius 1 is 1.41 bits per heavy atom. The van der Waals surface area contributed by atoms with Crippen LogP contribution in [0.3, 0.4) is 0 Å². The minimum Gasteiger partial charge on any atom is -0.349 e. The molecule has 1 aromatic heterocycles. The van der Waals surface area contributed by atoms with E-state index in [-0.39, 0.29) is 24.1 Å². The van der Waals surface area contributed by atoms with E-state index in [1.807, 2.05) is 20.9 Å². The van der Waals surface area contributed by atoms with E-state index in [9.17, 15) is 14.9 Å². The molecule has 0 unspecified atom stereocenters. The third-order valence-electron chi connectivity index (χ3n) is 3.63. The van der Waals surface area contributed by atoms with Crippen LogP contribution in [0.25, 0.3) is 0 Å². The van der Waals surface area contributed by atoms with E-state index in [0.717, 1.165) is 16.8 Å². The smallest absolute Gasteiger partial charge is 0.269 e. The van der Waals surface area contributed by atoms with E-state index in [1.54, 1.807) is 23.0 Å². The van der Waals surface area contributed by atoms with Crippen molar-refractivity contribution < 1.29 is 9.72 Å². The maximum atomic E-state index is 12.1. The van der Waals surface area contributed by atoms with Gasteiger partial charge in [-0.15, -0.1) is 0 Å². The Morgan fingerprint density at radius 3 is 2.55 bits per heavy atom. The summed E-state index contributed by atoms with van der Waals surface area (Å²) >= 11 is 0. The van der Waals surface area contributed by atoms with E-state index < -0.39 is 4.92 Å². The van der Waals surface area contributed by atoms with Gasteiger partial charge < -0.3 is 5.32 Å². The van der Waals surface area contributed by atoms with Crippen molar-refractivity contribution in [3.63, 3.8) is 0 Å². The molecule has 7 nitrogen and oxygen atoms in total. The van der Waals surface area contributed by atoms with Gasteiger partial charge in [-0.1, -0.05) is 12.1 Å². The molecule has 22 heavy (non-hydrogen) atoms. The molecule has 7 heteroatoms. The summed E-state index contributed by atoms with van der Waals surface area (Å²) < 4.78 is 1.76. The fourth-order valence-corrected chi connectivity index (χ4v) is 2.23. The normalized spacial score (nSPS) is 12.0. The molecule has 2 aromatic rings. The number of benzene rings is 1. The van der Waals surface area contributed by atoms with Crippen molar-refractivity contribution in [2.45, 2.75) is 26.3 Å². The van der Waals surface area contributed by atoms with Gasteiger partial charge in [-0.05, 0) is 19.4 Å². The summed E-state index contributed by atoms with van der Waals surface area (Å²) in [7, 11) is 1.85. The first-order chi connectivity index (χ1) is 10.4. The van der Waals surface area contributed by atoms with Crippen LogP contribution in [-0.4, -0.2) is 20.6 Å². The van der Waals surface area contributed by atoms with Gasteiger partial charge in [-0.3, -0.25) is 19.6 Å². The topological polar surface area (TPSA) is 90.1 Å². The Morgan fingerprint density at radius 2 is 2.05 bits per heavy atom. The van der Waals surface area contributed by atoms with Crippen LogP contribution >= 0.6 is 0 Å². The average Bonchev–Trinajstić information content (AvgIpc) is 2.79. The molecule has 1 aromatic carbocycles. The second-order valence-corrected chi connectivity index (χ2v) is 5.20. The highest BCUT2D eigenvalue weighted by molar-refractivity contribution is 5.79. The van der Waals surface area contributed by atoms with Crippen molar-refractivity contribution in [2.75, 3.05) is 0 Å². The summed E-state index contributed by atoms with van der Waals surface area (Å²) in [5.41, 5.74) is 2.73. The van der Waals surface area contributed by atoms with Crippen molar-refractivity contribution in [3.8, 4) is 0 Å². The van der Waals surface area contributed by atoms with Crippen LogP contribution in [0.5, 0.6) is 0 Å². The molecule has 0 fully saturated rings. The zero-order valence-electron chi connectivity index (χ0n) is 12.7. The molecule has 0 aliphatic heterocycles. The van der Waals surface area contributed by atoms with Crippen molar-refractivity contribution in [2.24, 2.45) is 7.05 Å². The van der Waals surface area contributed by atoms with E-state index >= 15 is 0 Å². The molecular weight excluding hydrogens is 284 g/mol. The minimum atomic E-state index is -0.461. The quantitative estimate of drug-likeness (QED) is 0.676. The number of hydrogen-bond donors (Lipinski definition) is 1. The van der Waals surface area contributed by atoms with E-state index in [2.05, 4.69) is 10.4 Å². The number of aromatic nitrogens is 2. The second-order valence-electron chi connectivity index (χ2n) is 5.20. The first-order valence-electron chi connectivity index (χ1n) is 6.89. The number of nitrogens with zero attached hydrogens (tertiary/aromatic N) is 3. The lowest BCUT2D eigenvalue weighted by atomic mass is 10.1. The molecule has 0 aliphatic carbocycles. The van der Waals surface area contributed by atoms with Crippen LogP contribution in [0.4, 0.5) is 5.69 Å². The van der Waals surface area contributed by atoms with Crippen molar-refractivity contribution >= 4 is 11.6 Å². The monoisotopic (exact) mass is 302 g/mol. The highest BCUT2D eigenvalue weighted by Gasteiger charge is 2.15. The van der Waals surface area contributed by atoms with Gasteiger partial charge in [0.1, 0.15) is 0 Å². The highest BCUT2D eigenvalue weighted by atomic mass is 16.6. The first kappa shape index (κ1) is 15.7. The Balaban J connectivity index is 1.97. The van der Waals surface area contributed by atoms with Gasteiger partial charge in [0.15, 0.2) is 0 Å². The zero-order valence-corrected chi connectivity index (χ0v) is 12.7. The molecule has 1 amide bonds. The first-order valence-corrected chi connectivity index (χ1v) is 6.89. The van der Waals surface area contributed by atoms with Crippen LogP contribution < -0.4 is 5.32 Å². The summed E-state index contributed by atoms with van der Waals surface area (Å²) in [6.45, 7) is 3.85. The number of rotatable bonds is 5. The summed E-state index contributed by atoms with van der Waals surface area (Å²) in [5.74, 6) is -0.135. The maximum absolute atomic E-state index is 12.1. The predicted octanol–water partition coefficient (Wildman–Crippen LogP) is 2.06. The summed E-state index contributed by atoms with van der Waals surface area (Å²) in [6.07, 6.45) is 1.92. The Labute approximate surface area is 128 Å². The Hall–Kier alpha value is -2.70. The number of nitro benzene ring substituents is 1. The van der Waals surface area contributed by atoms with Gasteiger partial charge in [0.2, 0.25) is 5.91 Å².